The molecular formula is C16H13ClN2OS. The maximum atomic E-state index is 12.2. The number of nitrogens with zero attached hydrogens (tertiary/aromatic N) is 1. The van der Waals surface area contributed by atoms with Crippen LogP contribution in [0.25, 0.3) is 10.2 Å². The average Bonchev–Trinajstić information content (AvgIpc) is 2.83. The zero-order valence-electron chi connectivity index (χ0n) is 11.6. The lowest BCUT2D eigenvalue weighted by Crippen LogP contribution is -2.11. The highest BCUT2D eigenvalue weighted by Crippen LogP contribution is 2.27. The van der Waals surface area contributed by atoms with Gasteiger partial charge in [0.2, 0.25) is 0 Å². The van der Waals surface area contributed by atoms with E-state index < -0.39 is 0 Å². The molecule has 3 aromatic rings. The molecule has 1 heterocycles. The summed E-state index contributed by atoms with van der Waals surface area (Å²) in [5.74, 6) is -0.201. The Morgan fingerprint density at radius 3 is 2.76 bits per heavy atom. The van der Waals surface area contributed by atoms with Gasteiger partial charge in [0, 0.05) is 10.6 Å². The molecule has 1 amide bonds. The van der Waals surface area contributed by atoms with Gasteiger partial charge in [-0.1, -0.05) is 35.1 Å². The summed E-state index contributed by atoms with van der Waals surface area (Å²) < 4.78 is 1.06. The second-order valence-electron chi connectivity index (χ2n) is 4.91. The number of nitrogens with one attached hydrogen (secondary N) is 1. The number of amides is 1. The first-order valence-corrected chi connectivity index (χ1v) is 7.67. The van der Waals surface area contributed by atoms with Crippen molar-refractivity contribution in [2.24, 2.45) is 0 Å². The second kappa shape index (κ2) is 5.47. The van der Waals surface area contributed by atoms with Crippen LogP contribution in [-0.4, -0.2) is 10.9 Å². The van der Waals surface area contributed by atoms with E-state index in [-0.39, 0.29) is 5.91 Å². The van der Waals surface area contributed by atoms with Crippen molar-refractivity contribution in [3.63, 3.8) is 0 Å². The Hall–Kier alpha value is -1.91. The summed E-state index contributed by atoms with van der Waals surface area (Å²) in [5, 5.41) is 4.00. The number of benzene rings is 2. The molecule has 0 bridgehead atoms. The van der Waals surface area contributed by atoms with Crippen LogP contribution in [0.1, 0.15) is 21.5 Å². The molecule has 5 heteroatoms. The molecule has 3 rings (SSSR count). The number of rotatable bonds is 2. The summed E-state index contributed by atoms with van der Waals surface area (Å²) in [6.45, 7) is 3.94. The molecule has 0 aliphatic heterocycles. The van der Waals surface area contributed by atoms with Crippen molar-refractivity contribution in [3.05, 3.63) is 58.1 Å². The highest BCUT2D eigenvalue weighted by atomic mass is 35.5. The Morgan fingerprint density at radius 2 is 2.00 bits per heavy atom. The summed E-state index contributed by atoms with van der Waals surface area (Å²) in [7, 11) is 0. The standard InChI is InChI=1S/C16H13ClN2OS/c1-9-3-6-13-14(7-9)21-16(18-13)19-15(20)11-5-4-10(2)12(17)8-11/h3-8H,1-2H3,(H,18,19,20). The minimum absolute atomic E-state index is 0.201. The van der Waals surface area contributed by atoms with Crippen LogP contribution < -0.4 is 5.32 Å². The van der Waals surface area contributed by atoms with Gasteiger partial charge >= 0.3 is 0 Å². The van der Waals surface area contributed by atoms with Crippen LogP contribution in [0.5, 0.6) is 0 Å². The summed E-state index contributed by atoms with van der Waals surface area (Å²) >= 11 is 7.52. The number of carbonyl (C=O) groups excluding carboxylic acids is 1. The minimum atomic E-state index is -0.201. The van der Waals surface area contributed by atoms with Gasteiger partial charge in [-0.25, -0.2) is 4.98 Å². The van der Waals surface area contributed by atoms with Gasteiger partial charge in [-0.3, -0.25) is 10.1 Å². The number of fused-ring (bicyclic) bond motifs is 1. The fourth-order valence-corrected chi connectivity index (χ4v) is 3.13. The first-order valence-electron chi connectivity index (χ1n) is 6.47. The molecule has 0 atom stereocenters. The van der Waals surface area contributed by atoms with Crippen molar-refractivity contribution in [1.82, 2.24) is 4.98 Å². The minimum Gasteiger partial charge on any atom is -0.298 e. The average molecular weight is 317 g/mol. The summed E-state index contributed by atoms with van der Waals surface area (Å²) in [6.07, 6.45) is 0. The molecule has 0 spiro atoms. The molecule has 0 saturated carbocycles. The molecule has 0 aliphatic carbocycles. The molecule has 0 unspecified atom stereocenters. The van der Waals surface area contributed by atoms with Crippen LogP contribution in [0.3, 0.4) is 0 Å². The molecule has 3 nitrogen and oxygen atoms in total. The van der Waals surface area contributed by atoms with E-state index in [2.05, 4.69) is 16.4 Å². The van der Waals surface area contributed by atoms with Gasteiger partial charge in [0.1, 0.15) is 0 Å². The van der Waals surface area contributed by atoms with Crippen molar-refractivity contribution in [1.29, 1.82) is 0 Å². The highest BCUT2D eigenvalue weighted by Gasteiger charge is 2.11. The van der Waals surface area contributed by atoms with Crippen LogP contribution in [-0.2, 0) is 0 Å². The third-order valence-corrected chi connectivity index (χ3v) is 4.54. The topological polar surface area (TPSA) is 42.0 Å². The first-order chi connectivity index (χ1) is 10.0. The van der Waals surface area contributed by atoms with Gasteiger partial charge in [-0.15, -0.1) is 0 Å². The van der Waals surface area contributed by atoms with Crippen LogP contribution in [0, 0.1) is 13.8 Å². The van der Waals surface area contributed by atoms with Crippen molar-refractivity contribution in [2.75, 3.05) is 5.32 Å². The monoisotopic (exact) mass is 316 g/mol. The van der Waals surface area contributed by atoms with E-state index in [0.29, 0.717) is 15.7 Å². The molecule has 21 heavy (non-hydrogen) atoms. The predicted molar refractivity (Wildman–Crippen MR) is 88.5 cm³/mol. The van der Waals surface area contributed by atoms with E-state index in [9.17, 15) is 4.79 Å². The second-order valence-corrected chi connectivity index (χ2v) is 6.35. The van der Waals surface area contributed by atoms with E-state index in [0.717, 1.165) is 15.8 Å². The normalized spacial score (nSPS) is 10.8. The molecule has 0 saturated heterocycles. The number of aromatic nitrogens is 1. The van der Waals surface area contributed by atoms with Gasteiger partial charge in [-0.2, -0.15) is 0 Å². The van der Waals surface area contributed by atoms with Crippen LogP contribution >= 0.6 is 22.9 Å². The van der Waals surface area contributed by atoms with Crippen molar-refractivity contribution >= 4 is 44.2 Å². The Bertz CT molecular complexity index is 841. The molecule has 2 aromatic carbocycles. The Balaban J connectivity index is 1.87. The Morgan fingerprint density at radius 1 is 1.19 bits per heavy atom. The SMILES string of the molecule is Cc1ccc2nc(NC(=O)c3ccc(C)c(Cl)c3)sc2c1. The first kappa shape index (κ1) is 14.0. The number of thiazole rings is 1. The van der Waals surface area contributed by atoms with E-state index in [1.54, 1.807) is 12.1 Å². The molecule has 0 radical (unpaired) electrons. The molecule has 0 aliphatic rings. The summed E-state index contributed by atoms with van der Waals surface area (Å²) in [4.78, 5) is 16.6. The van der Waals surface area contributed by atoms with Gasteiger partial charge < -0.3 is 0 Å². The van der Waals surface area contributed by atoms with Gasteiger partial charge in [0.25, 0.3) is 5.91 Å². The number of halogens is 1. The van der Waals surface area contributed by atoms with Crippen LogP contribution in [0.2, 0.25) is 5.02 Å². The Kier molecular flexibility index (Phi) is 3.66. The fourth-order valence-electron chi connectivity index (χ4n) is 1.99. The van der Waals surface area contributed by atoms with Crippen LogP contribution in [0.4, 0.5) is 5.13 Å². The van der Waals surface area contributed by atoms with E-state index in [1.165, 1.54) is 16.9 Å². The summed E-state index contributed by atoms with van der Waals surface area (Å²) in [6, 6.07) is 11.3. The smallest absolute Gasteiger partial charge is 0.257 e. The Labute approximate surface area is 131 Å². The van der Waals surface area contributed by atoms with Crippen LogP contribution in [0.15, 0.2) is 36.4 Å². The highest BCUT2D eigenvalue weighted by molar-refractivity contribution is 7.22. The molecule has 1 N–H and O–H groups in total. The van der Waals surface area contributed by atoms with Crippen molar-refractivity contribution in [2.45, 2.75) is 13.8 Å². The van der Waals surface area contributed by atoms with Gasteiger partial charge in [0.05, 0.1) is 10.2 Å². The van der Waals surface area contributed by atoms with Crippen molar-refractivity contribution in [3.8, 4) is 0 Å². The molecular weight excluding hydrogens is 304 g/mol. The lowest BCUT2D eigenvalue weighted by molar-refractivity contribution is 0.102. The number of aryl methyl sites for hydroxylation is 2. The van der Waals surface area contributed by atoms with Gasteiger partial charge in [-0.05, 0) is 49.2 Å². The largest absolute Gasteiger partial charge is 0.298 e. The fraction of sp³-hybridized carbons (Fsp3) is 0.125. The zero-order chi connectivity index (χ0) is 15.0. The quantitative estimate of drug-likeness (QED) is 0.736. The van der Waals surface area contributed by atoms with E-state index >= 15 is 0 Å². The van der Waals surface area contributed by atoms with Crippen molar-refractivity contribution < 1.29 is 4.79 Å². The zero-order valence-corrected chi connectivity index (χ0v) is 13.2. The lowest BCUT2D eigenvalue weighted by atomic mass is 10.1. The van der Waals surface area contributed by atoms with E-state index in [4.69, 9.17) is 11.6 Å². The summed E-state index contributed by atoms with van der Waals surface area (Å²) in [5.41, 5.74) is 3.54. The van der Waals surface area contributed by atoms with Gasteiger partial charge in [0.15, 0.2) is 5.13 Å². The number of hydrogen-bond donors (Lipinski definition) is 1. The molecule has 0 fully saturated rings. The maximum absolute atomic E-state index is 12.2. The third-order valence-electron chi connectivity index (χ3n) is 3.20. The predicted octanol–water partition coefficient (Wildman–Crippen LogP) is 4.82. The molecule has 106 valence electrons. The number of anilines is 1. The lowest BCUT2D eigenvalue weighted by Gasteiger charge is -2.03. The number of hydrogen-bond acceptors (Lipinski definition) is 3. The maximum Gasteiger partial charge on any atom is 0.257 e. The molecule has 1 aromatic heterocycles. The number of carbonyl (C=O) groups is 1. The van der Waals surface area contributed by atoms with E-state index in [1.807, 2.05) is 32.0 Å². The third kappa shape index (κ3) is 2.91.